The van der Waals surface area contributed by atoms with Gasteiger partial charge in [0.15, 0.2) is 0 Å². The molecule has 0 aliphatic carbocycles. The van der Waals surface area contributed by atoms with Crippen molar-refractivity contribution in [2.24, 2.45) is 0 Å². The van der Waals surface area contributed by atoms with Crippen molar-refractivity contribution in [3.05, 3.63) is 46.6 Å². The number of carbonyl (C=O) groups is 1. The predicted octanol–water partition coefficient (Wildman–Crippen LogP) is 2.74. The second-order valence-electron chi connectivity index (χ2n) is 3.19. The third-order valence-electron chi connectivity index (χ3n) is 2.05. The van der Waals surface area contributed by atoms with Crippen LogP contribution in [0.4, 0.5) is 4.39 Å². The summed E-state index contributed by atoms with van der Waals surface area (Å²) in [6.45, 7) is 0. The van der Waals surface area contributed by atoms with Gasteiger partial charge >= 0.3 is 5.97 Å². The SMILES string of the molecule is O=C(O)c1nccc(-c2cc(Br)ccc2F)n1. The molecule has 1 N–H and O–H groups in total. The molecular formula is C11H6BrFN2O2. The van der Waals surface area contributed by atoms with E-state index in [9.17, 15) is 9.18 Å². The number of carboxylic acid groups (broad SMARTS) is 1. The van der Waals surface area contributed by atoms with Crippen LogP contribution in [0, 0.1) is 5.82 Å². The number of benzene rings is 1. The van der Waals surface area contributed by atoms with Gasteiger partial charge in [0.1, 0.15) is 5.82 Å². The number of nitrogens with zero attached hydrogens (tertiary/aromatic N) is 2. The Balaban J connectivity index is 2.56. The number of hydrogen-bond donors (Lipinski definition) is 1. The Morgan fingerprint density at radius 3 is 2.82 bits per heavy atom. The summed E-state index contributed by atoms with van der Waals surface area (Å²) in [5, 5.41) is 8.75. The Morgan fingerprint density at radius 2 is 2.12 bits per heavy atom. The van der Waals surface area contributed by atoms with E-state index in [1.807, 2.05) is 0 Å². The maximum Gasteiger partial charge on any atom is 0.373 e. The molecule has 0 radical (unpaired) electrons. The largest absolute Gasteiger partial charge is 0.475 e. The van der Waals surface area contributed by atoms with Crippen molar-refractivity contribution in [2.75, 3.05) is 0 Å². The summed E-state index contributed by atoms with van der Waals surface area (Å²) in [6.07, 6.45) is 1.28. The molecule has 0 saturated carbocycles. The second kappa shape index (κ2) is 4.58. The quantitative estimate of drug-likeness (QED) is 0.925. The molecule has 0 atom stereocenters. The molecule has 4 nitrogen and oxygen atoms in total. The molecule has 0 bridgehead atoms. The summed E-state index contributed by atoms with van der Waals surface area (Å²) in [5.41, 5.74) is 0.459. The van der Waals surface area contributed by atoms with Gasteiger partial charge in [-0.25, -0.2) is 19.2 Å². The van der Waals surface area contributed by atoms with Crippen molar-refractivity contribution >= 4 is 21.9 Å². The van der Waals surface area contributed by atoms with Crippen molar-refractivity contribution in [1.29, 1.82) is 0 Å². The van der Waals surface area contributed by atoms with Crippen LogP contribution in [0.5, 0.6) is 0 Å². The lowest BCUT2D eigenvalue weighted by Gasteiger charge is -2.03. The molecule has 2 aromatic rings. The average Bonchev–Trinajstić information content (AvgIpc) is 2.32. The van der Waals surface area contributed by atoms with E-state index in [4.69, 9.17) is 5.11 Å². The van der Waals surface area contributed by atoms with Crippen LogP contribution in [0.15, 0.2) is 34.9 Å². The van der Waals surface area contributed by atoms with Crippen LogP contribution in [0.1, 0.15) is 10.6 Å². The van der Waals surface area contributed by atoms with Crippen LogP contribution in [-0.4, -0.2) is 21.0 Å². The summed E-state index contributed by atoms with van der Waals surface area (Å²) in [5.74, 6) is -2.08. The van der Waals surface area contributed by atoms with Gasteiger partial charge in [-0.2, -0.15) is 0 Å². The highest BCUT2D eigenvalue weighted by atomic mass is 79.9. The first-order valence-corrected chi connectivity index (χ1v) is 5.39. The van der Waals surface area contributed by atoms with E-state index >= 15 is 0 Å². The number of halogens is 2. The Kier molecular flexibility index (Phi) is 3.14. The fraction of sp³-hybridized carbons (Fsp3) is 0. The smallest absolute Gasteiger partial charge is 0.373 e. The number of aromatic carboxylic acids is 1. The zero-order chi connectivity index (χ0) is 12.4. The first kappa shape index (κ1) is 11.7. The van der Waals surface area contributed by atoms with Crippen LogP contribution >= 0.6 is 15.9 Å². The van der Waals surface area contributed by atoms with Crippen molar-refractivity contribution in [2.45, 2.75) is 0 Å². The molecule has 0 saturated heterocycles. The molecule has 0 aliphatic rings. The lowest BCUT2D eigenvalue weighted by atomic mass is 10.1. The molecule has 0 amide bonds. The minimum Gasteiger partial charge on any atom is -0.475 e. The van der Waals surface area contributed by atoms with Gasteiger partial charge in [0.2, 0.25) is 5.82 Å². The van der Waals surface area contributed by atoms with E-state index < -0.39 is 11.8 Å². The number of hydrogen-bond acceptors (Lipinski definition) is 3. The van der Waals surface area contributed by atoms with E-state index in [0.717, 1.165) is 0 Å². The molecule has 86 valence electrons. The standard InChI is InChI=1S/C11H6BrFN2O2/c12-6-1-2-8(13)7(5-6)9-3-4-14-10(15-9)11(16)17/h1-5H,(H,16,17). The van der Waals surface area contributed by atoms with E-state index in [-0.39, 0.29) is 17.1 Å². The van der Waals surface area contributed by atoms with E-state index in [0.29, 0.717) is 4.47 Å². The second-order valence-corrected chi connectivity index (χ2v) is 4.11. The fourth-order valence-corrected chi connectivity index (χ4v) is 1.67. The fourth-order valence-electron chi connectivity index (χ4n) is 1.31. The van der Waals surface area contributed by atoms with Crippen molar-refractivity contribution in [1.82, 2.24) is 9.97 Å². The Bertz CT molecular complexity index is 589. The zero-order valence-corrected chi connectivity index (χ0v) is 9.98. The average molecular weight is 297 g/mol. The maximum atomic E-state index is 13.6. The lowest BCUT2D eigenvalue weighted by molar-refractivity contribution is 0.0683. The minimum atomic E-state index is -1.25. The molecular weight excluding hydrogens is 291 g/mol. The Morgan fingerprint density at radius 1 is 1.35 bits per heavy atom. The molecule has 1 aromatic carbocycles. The molecule has 0 unspecified atom stereocenters. The highest BCUT2D eigenvalue weighted by Crippen LogP contribution is 2.24. The van der Waals surface area contributed by atoms with Gasteiger partial charge in [-0.15, -0.1) is 0 Å². The van der Waals surface area contributed by atoms with Crippen molar-refractivity contribution in [3.8, 4) is 11.3 Å². The van der Waals surface area contributed by atoms with Gasteiger partial charge in [-0.3, -0.25) is 0 Å². The Labute approximate surface area is 104 Å². The summed E-state index contributed by atoms with van der Waals surface area (Å²) >= 11 is 3.21. The molecule has 0 aliphatic heterocycles. The van der Waals surface area contributed by atoms with Crippen LogP contribution < -0.4 is 0 Å². The van der Waals surface area contributed by atoms with Gasteiger partial charge < -0.3 is 5.11 Å². The van der Waals surface area contributed by atoms with Crippen LogP contribution in [0.3, 0.4) is 0 Å². The van der Waals surface area contributed by atoms with Gasteiger partial charge in [-0.05, 0) is 24.3 Å². The summed E-state index contributed by atoms with van der Waals surface area (Å²) in [6, 6.07) is 5.82. The normalized spacial score (nSPS) is 10.2. The van der Waals surface area contributed by atoms with E-state index in [2.05, 4.69) is 25.9 Å². The number of rotatable bonds is 2. The highest BCUT2D eigenvalue weighted by Gasteiger charge is 2.11. The summed E-state index contributed by atoms with van der Waals surface area (Å²) in [7, 11) is 0. The highest BCUT2D eigenvalue weighted by molar-refractivity contribution is 9.10. The lowest BCUT2D eigenvalue weighted by Crippen LogP contribution is -2.04. The maximum absolute atomic E-state index is 13.6. The summed E-state index contributed by atoms with van der Waals surface area (Å²) < 4.78 is 14.2. The van der Waals surface area contributed by atoms with E-state index in [1.54, 1.807) is 6.07 Å². The summed E-state index contributed by atoms with van der Waals surface area (Å²) in [4.78, 5) is 18.1. The molecule has 1 aromatic heterocycles. The third kappa shape index (κ3) is 2.47. The third-order valence-corrected chi connectivity index (χ3v) is 2.54. The molecule has 6 heteroatoms. The monoisotopic (exact) mass is 296 g/mol. The van der Waals surface area contributed by atoms with Crippen molar-refractivity contribution < 1.29 is 14.3 Å². The van der Waals surface area contributed by atoms with Gasteiger partial charge in [0.25, 0.3) is 0 Å². The Hall–Kier alpha value is -1.82. The first-order chi connectivity index (χ1) is 8.08. The predicted molar refractivity (Wildman–Crippen MR) is 62.1 cm³/mol. The molecule has 2 rings (SSSR count). The van der Waals surface area contributed by atoms with Crippen LogP contribution in [0.25, 0.3) is 11.3 Å². The van der Waals surface area contributed by atoms with Crippen LogP contribution in [-0.2, 0) is 0 Å². The van der Waals surface area contributed by atoms with Gasteiger partial charge in [0, 0.05) is 16.2 Å². The number of carboxylic acids is 1. The van der Waals surface area contributed by atoms with E-state index in [1.165, 1.54) is 24.4 Å². The first-order valence-electron chi connectivity index (χ1n) is 4.59. The zero-order valence-electron chi connectivity index (χ0n) is 8.39. The van der Waals surface area contributed by atoms with Crippen LogP contribution in [0.2, 0.25) is 0 Å². The number of aromatic nitrogens is 2. The molecule has 0 spiro atoms. The molecule has 0 fully saturated rings. The molecule has 17 heavy (non-hydrogen) atoms. The van der Waals surface area contributed by atoms with Gasteiger partial charge in [0.05, 0.1) is 5.69 Å². The minimum absolute atomic E-state index is 0.226. The topological polar surface area (TPSA) is 63.1 Å². The van der Waals surface area contributed by atoms with Gasteiger partial charge in [-0.1, -0.05) is 15.9 Å². The molecule has 1 heterocycles. The van der Waals surface area contributed by atoms with Crippen molar-refractivity contribution in [3.63, 3.8) is 0 Å².